The molecular formula is C32H32F3N5O3. The molecule has 2 saturated heterocycles. The molecule has 3 aliphatic rings. The molecule has 1 aromatic heterocycles. The van der Waals surface area contributed by atoms with E-state index in [0.29, 0.717) is 55.2 Å². The van der Waals surface area contributed by atoms with Gasteiger partial charge >= 0.3 is 6.18 Å². The number of aromatic nitrogens is 1. The zero-order chi connectivity index (χ0) is 30.1. The van der Waals surface area contributed by atoms with E-state index < -0.39 is 23.7 Å². The van der Waals surface area contributed by atoms with Crippen molar-refractivity contribution in [2.75, 3.05) is 24.5 Å². The van der Waals surface area contributed by atoms with E-state index >= 15 is 0 Å². The maximum atomic E-state index is 14.0. The second-order valence-corrected chi connectivity index (χ2v) is 11.4. The highest BCUT2D eigenvalue weighted by Crippen LogP contribution is 2.39. The van der Waals surface area contributed by atoms with E-state index in [4.69, 9.17) is 0 Å². The number of rotatable bonds is 7. The van der Waals surface area contributed by atoms with Crippen LogP contribution in [0.2, 0.25) is 0 Å². The van der Waals surface area contributed by atoms with Gasteiger partial charge in [-0.1, -0.05) is 42.5 Å². The Morgan fingerprint density at radius 3 is 2.44 bits per heavy atom. The van der Waals surface area contributed by atoms with Crippen molar-refractivity contribution >= 4 is 23.5 Å². The number of carbonyl (C=O) groups is 3. The fourth-order valence-corrected chi connectivity index (χ4v) is 6.21. The molecule has 2 N–H and O–H groups in total. The number of nitrogens with one attached hydrogen (secondary N) is 2. The average Bonchev–Trinajstić information content (AvgIpc) is 3.32. The van der Waals surface area contributed by atoms with E-state index in [-0.39, 0.29) is 24.1 Å². The van der Waals surface area contributed by atoms with Crippen LogP contribution >= 0.6 is 0 Å². The number of benzene rings is 2. The first-order valence-corrected chi connectivity index (χ1v) is 14.5. The second kappa shape index (κ2) is 11.8. The molecule has 0 spiro atoms. The molecule has 4 heterocycles. The Hall–Kier alpha value is -4.25. The molecule has 3 aliphatic heterocycles. The third kappa shape index (κ3) is 6.13. The summed E-state index contributed by atoms with van der Waals surface area (Å²) in [7, 11) is 0. The van der Waals surface area contributed by atoms with Crippen molar-refractivity contribution in [2.24, 2.45) is 5.92 Å². The lowest BCUT2D eigenvalue weighted by molar-refractivity contribution is -0.138. The molecule has 11 heteroatoms. The molecule has 0 radical (unpaired) electrons. The number of hydrogen-bond acceptors (Lipinski definition) is 6. The maximum Gasteiger partial charge on any atom is 0.419 e. The van der Waals surface area contributed by atoms with Crippen LogP contribution in [0.4, 0.5) is 19.0 Å². The molecular weight excluding hydrogens is 559 g/mol. The summed E-state index contributed by atoms with van der Waals surface area (Å²) >= 11 is 0. The molecule has 8 nitrogen and oxygen atoms in total. The van der Waals surface area contributed by atoms with Gasteiger partial charge in [-0.25, -0.2) is 4.98 Å². The van der Waals surface area contributed by atoms with Crippen LogP contribution in [-0.2, 0) is 28.9 Å². The Balaban J connectivity index is 1.03. The highest BCUT2D eigenvalue weighted by atomic mass is 19.4. The topological polar surface area (TPSA) is 94.6 Å². The lowest BCUT2D eigenvalue weighted by atomic mass is 9.96. The number of carbonyl (C=O) groups excluding carboxylic acids is 3. The Labute approximate surface area is 247 Å². The lowest BCUT2D eigenvalue weighted by Gasteiger charge is -2.34. The molecule has 1 atom stereocenters. The van der Waals surface area contributed by atoms with Gasteiger partial charge in [0.2, 0.25) is 11.8 Å². The number of anilines is 1. The molecule has 2 aromatic carbocycles. The number of pyridine rings is 1. The third-order valence-electron chi connectivity index (χ3n) is 8.54. The number of halogens is 3. The number of alkyl halides is 3. The predicted octanol–water partition coefficient (Wildman–Crippen LogP) is 4.53. The predicted molar refractivity (Wildman–Crippen MR) is 154 cm³/mol. The molecule has 43 heavy (non-hydrogen) atoms. The average molecular weight is 592 g/mol. The van der Waals surface area contributed by atoms with Crippen LogP contribution in [0, 0.1) is 5.92 Å². The van der Waals surface area contributed by atoms with Crippen LogP contribution in [0.1, 0.15) is 52.7 Å². The van der Waals surface area contributed by atoms with Crippen LogP contribution in [-0.4, -0.2) is 53.3 Å². The normalized spacial score (nSPS) is 19.5. The summed E-state index contributed by atoms with van der Waals surface area (Å²) in [5.41, 5.74) is 2.86. The summed E-state index contributed by atoms with van der Waals surface area (Å²) in [6, 6.07) is 15.1. The number of imide groups is 1. The van der Waals surface area contributed by atoms with Crippen molar-refractivity contribution in [3.05, 3.63) is 83.0 Å². The Morgan fingerprint density at radius 2 is 1.72 bits per heavy atom. The molecule has 2 fully saturated rings. The van der Waals surface area contributed by atoms with E-state index in [1.165, 1.54) is 17.2 Å². The summed E-state index contributed by atoms with van der Waals surface area (Å²) in [6.07, 6.45) is -0.972. The number of fused-ring (bicyclic) bond motifs is 1. The van der Waals surface area contributed by atoms with Crippen LogP contribution in [0.5, 0.6) is 0 Å². The van der Waals surface area contributed by atoms with Gasteiger partial charge in [0.15, 0.2) is 0 Å². The Bertz CT molecular complexity index is 1540. The molecule has 0 saturated carbocycles. The van der Waals surface area contributed by atoms with Gasteiger partial charge < -0.3 is 15.1 Å². The third-order valence-corrected chi connectivity index (χ3v) is 8.54. The lowest BCUT2D eigenvalue weighted by Crippen LogP contribution is -2.52. The molecule has 224 valence electrons. The standard InChI is InChI=1S/C32H32F3N5O3/c33-32(34,35)26-15-23(22-4-2-1-3-5-22)18-37-29(26)39-12-10-20(11-13-39)16-36-17-21-6-7-25-24(14-21)19-40(31(25)43)27-8-9-28(41)38-30(27)42/h1-7,14-15,18,20,27,36H,8-13,16-17,19H2,(H,38,41,42). The zero-order valence-corrected chi connectivity index (χ0v) is 23.5. The molecule has 3 aromatic rings. The summed E-state index contributed by atoms with van der Waals surface area (Å²) in [5.74, 6) is -0.649. The SMILES string of the molecule is O=C1CCC(N2Cc3cc(CNCC4CCN(c5ncc(-c6ccccc6)cc5C(F)(F)F)CC4)ccc3C2=O)C(=O)N1. The summed E-state index contributed by atoms with van der Waals surface area (Å²) in [6.45, 7) is 2.61. The number of hydrogen-bond donors (Lipinski definition) is 2. The van der Waals surface area contributed by atoms with Gasteiger partial charge in [0.05, 0.1) is 5.56 Å². The smallest absolute Gasteiger partial charge is 0.356 e. The summed E-state index contributed by atoms with van der Waals surface area (Å²) < 4.78 is 42.1. The van der Waals surface area contributed by atoms with Crippen LogP contribution < -0.4 is 15.5 Å². The summed E-state index contributed by atoms with van der Waals surface area (Å²) in [5, 5.41) is 5.78. The van der Waals surface area contributed by atoms with Crippen molar-refractivity contribution in [3.63, 3.8) is 0 Å². The number of amides is 3. The van der Waals surface area contributed by atoms with Crippen molar-refractivity contribution in [1.82, 2.24) is 20.5 Å². The van der Waals surface area contributed by atoms with E-state index in [9.17, 15) is 27.6 Å². The maximum absolute atomic E-state index is 14.0. The van der Waals surface area contributed by atoms with Crippen molar-refractivity contribution in [1.29, 1.82) is 0 Å². The Morgan fingerprint density at radius 1 is 0.953 bits per heavy atom. The minimum Gasteiger partial charge on any atom is -0.356 e. The highest BCUT2D eigenvalue weighted by Gasteiger charge is 2.39. The van der Waals surface area contributed by atoms with Crippen LogP contribution in [0.3, 0.4) is 0 Å². The van der Waals surface area contributed by atoms with Crippen molar-refractivity contribution in [2.45, 2.75) is 51.0 Å². The van der Waals surface area contributed by atoms with Gasteiger partial charge in [-0.15, -0.1) is 0 Å². The molecule has 0 bridgehead atoms. The summed E-state index contributed by atoms with van der Waals surface area (Å²) in [4.78, 5) is 44.2. The first kappa shape index (κ1) is 28.9. The van der Waals surface area contributed by atoms with Crippen molar-refractivity contribution < 1.29 is 27.6 Å². The monoisotopic (exact) mass is 591 g/mol. The molecule has 6 rings (SSSR count). The highest BCUT2D eigenvalue weighted by molar-refractivity contribution is 6.05. The number of piperidine rings is 2. The second-order valence-electron chi connectivity index (χ2n) is 11.4. The van der Waals surface area contributed by atoms with E-state index in [2.05, 4.69) is 15.6 Å². The molecule has 0 aliphatic carbocycles. The van der Waals surface area contributed by atoms with Gasteiger partial charge in [0.1, 0.15) is 11.9 Å². The van der Waals surface area contributed by atoms with Gasteiger partial charge in [-0.2, -0.15) is 13.2 Å². The molecule has 3 amide bonds. The zero-order valence-electron chi connectivity index (χ0n) is 23.5. The van der Waals surface area contributed by atoms with Crippen LogP contribution in [0.25, 0.3) is 11.1 Å². The van der Waals surface area contributed by atoms with Crippen LogP contribution in [0.15, 0.2) is 60.8 Å². The number of nitrogens with zero attached hydrogens (tertiary/aromatic N) is 3. The quantitative estimate of drug-likeness (QED) is 0.392. The minimum atomic E-state index is -4.51. The fourth-order valence-electron chi connectivity index (χ4n) is 6.21. The first-order chi connectivity index (χ1) is 20.7. The largest absolute Gasteiger partial charge is 0.419 e. The van der Waals surface area contributed by atoms with Crippen molar-refractivity contribution in [3.8, 4) is 11.1 Å². The van der Waals surface area contributed by atoms with Gasteiger partial charge in [-0.3, -0.25) is 19.7 Å². The minimum absolute atomic E-state index is 0.0161. The fraction of sp³-hybridized carbons (Fsp3) is 0.375. The Kier molecular flexibility index (Phi) is 7.91. The van der Waals surface area contributed by atoms with E-state index in [0.717, 1.165) is 30.5 Å². The van der Waals surface area contributed by atoms with Gasteiger partial charge in [0.25, 0.3) is 5.91 Å². The van der Waals surface area contributed by atoms with E-state index in [1.807, 2.05) is 18.2 Å². The van der Waals surface area contributed by atoms with Gasteiger partial charge in [-0.05, 0) is 60.5 Å². The molecule has 1 unspecified atom stereocenters. The van der Waals surface area contributed by atoms with E-state index in [1.54, 1.807) is 35.2 Å². The van der Waals surface area contributed by atoms with Gasteiger partial charge in [0, 0.05) is 49.9 Å². The first-order valence-electron chi connectivity index (χ1n) is 14.5.